The van der Waals surface area contributed by atoms with Gasteiger partial charge in [-0.2, -0.15) is 0 Å². The maximum atomic E-state index is 12.1. The third kappa shape index (κ3) is 5.33. The number of hydrogen-bond acceptors (Lipinski definition) is 2. The molecule has 126 valence electrons. The lowest BCUT2D eigenvalue weighted by molar-refractivity contribution is -0.274. The molecule has 0 aromatic heterocycles. The summed E-state index contributed by atoms with van der Waals surface area (Å²) in [6.07, 6.45) is -4.74. The molecule has 23 heavy (non-hydrogen) atoms. The predicted molar refractivity (Wildman–Crippen MR) is 87.9 cm³/mol. The molecule has 0 aliphatic carbocycles. The molecule has 0 aliphatic heterocycles. The molecule has 2 nitrogen and oxygen atoms in total. The SMILES string of the molecule is Cl.N[C@@H](c1ccc(OC(F)(F)F)cc1)c1cc(Cl)cc(Cl)c1Cl. The molecular weight excluding hydrogens is 397 g/mol. The largest absolute Gasteiger partial charge is 0.573 e. The molecule has 0 spiro atoms. The van der Waals surface area contributed by atoms with Crippen LogP contribution in [0.25, 0.3) is 0 Å². The van der Waals surface area contributed by atoms with E-state index in [9.17, 15) is 13.2 Å². The highest BCUT2D eigenvalue weighted by Gasteiger charge is 2.31. The summed E-state index contributed by atoms with van der Waals surface area (Å²) in [5.74, 6) is -0.335. The fourth-order valence-electron chi connectivity index (χ4n) is 1.86. The van der Waals surface area contributed by atoms with Crippen molar-refractivity contribution in [3.05, 3.63) is 62.6 Å². The van der Waals surface area contributed by atoms with Gasteiger partial charge in [-0.1, -0.05) is 46.9 Å². The third-order valence-electron chi connectivity index (χ3n) is 2.83. The standard InChI is InChI=1S/C14H9Cl3F3NO.ClH/c15-8-5-10(12(17)11(16)6-8)13(21)7-1-3-9(4-2-7)22-14(18,19)20;/h1-6,13H,21H2;1H/t13-;/m0./s1. The Labute approximate surface area is 151 Å². The Bertz CT molecular complexity index is 677. The summed E-state index contributed by atoms with van der Waals surface area (Å²) < 4.78 is 40.1. The van der Waals surface area contributed by atoms with Crippen LogP contribution in [0.4, 0.5) is 13.2 Å². The lowest BCUT2D eigenvalue weighted by atomic mass is 9.99. The van der Waals surface area contributed by atoms with Gasteiger partial charge in [0.05, 0.1) is 16.1 Å². The summed E-state index contributed by atoms with van der Waals surface area (Å²) in [5, 5.41) is 0.850. The van der Waals surface area contributed by atoms with E-state index in [0.717, 1.165) is 0 Å². The van der Waals surface area contributed by atoms with Crippen molar-refractivity contribution in [2.45, 2.75) is 12.4 Å². The highest BCUT2D eigenvalue weighted by Crippen LogP contribution is 2.35. The summed E-state index contributed by atoms with van der Waals surface area (Å²) in [6.45, 7) is 0. The first-order valence-electron chi connectivity index (χ1n) is 5.93. The molecular formula is C14H10Cl4F3NO. The van der Waals surface area contributed by atoms with E-state index in [2.05, 4.69) is 4.74 Å². The zero-order chi connectivity index (χ0) is 16.5. The lowest BCUT2D eigenvalue weighted by Gasteiger charge is -2.16. The van der Waals surface area contributed by atoms with E-state index in [0.29, 0.717) is 16.1 Å². The molecule has 0 amide bonds. The van der Waals surface area contributed by atoms with E-state index in [1.165, 1.54) is 30.3 Å². The maximum Gasteiger partial charge on any atom is 0.573 e. The van der Waals surface area contributed by atoms with E-state index < -0.39 is 12.4 Å². The van der Waals surface area contributed by atoms with Crippen LogP contribution >= 0.6 is 47.2 Å². The van der Waals surface area contributed by atoms with Gasteiger partial charge in [0, 0.05) is 5.02 Å². The molecule has 0 saturated carbocycles. The molecule has 0 aliphatic rings. The quantitative estimate of drug-likeness (QED) is 0.633. The fourth-order valence-corrected chi connectivity index (χ4v) is 2.59. The average molecular weight is 407 g/mol. The number of nitrogens with two attached hydrogens (primary N) is 1. The first kappa shape index (κ1) is 20.2. The van der Waals surface area contributed by atoms with Crippen molar-refractivity contribution in [3.8, 4) is 5.75 Å². The summed E-state index contributed by atoms with van der Waals surface area (Å²) in [4.78, 5) is 0. The highest BCUT2D eigenvalue weighted by molar-refractivity contribution is 6.43. The smallest absolute Gasteiger partial charge is 0.406 e. The Morgan fingerprint density at radius 2 is 1.57 bits per heavy atom. The number of alkyl halides is 3. The zero-order valence-corrected chi connectivity index (χ0v) is 14.3. The van der Waals surface area contributed by atoms with Gasteiger partial charge in [0.25, 0.3) is 0 Å². The summed E-state index contributed by atoms with van der Waals surface area (Å²) in [7, 11) is 0. The van der Waals surface area contributed by atoms with E-state index in [4.69, 9.17) is 40.5 Å². The number of halogens is 7. The number of ether oxygens (including phenoxy) is 1. The van der Waals surface area contributed by atoms with E-state index >= 15 is 0 Å². The Morgan fingerprint density at radius 3 is 2.09 bits per heavy atom. The van der Waals surface area contributed by atoms with Gasteiger partial charge in [-0.15, -0.1) is 25.6 Å². The van der Waals surface area contributed by atoms with Crippen molar-refractivity contribution in [2.75, 3.05) is 0 Å². The second-order valence-electron chi connectivity index (χ2n) is 4.39. The van der Waals surface area contributed by atoms with Crippen LogP contribution in [0, 0.1) is 0 Å². The second kappa shape index (κ2) is 7.81. The van der Waals surface area contributed by atoms with Crippen LogP contribution in [0.1, 0.15) is 17.2 Å². The van der Waals surface area contributed by atoms with Crippen LogP contribution in [-0.2, 0) is 0 Å². The first-order valence-corrected chi connectivity index (χ1v) is 7.06. The number of benzene rings is 2. The Hall–Kier alpha value is -0.850. The van der Waals surface area contributed by atoms with Crippen LogP contribution < -0.4 is 10.5 Å². The van der Waals surface area contributed by atoms with Crippen LogP contribution in [0.15, 0.2) is 36.4 Å². The van der Waals surface area contributed by atoms with Gasteiger partial charge in [0.1, 0.15) is 5.75 Å². The van der Waals surface area contributed by atoms with Crippen LogP contribution in [0.5, 0.6) is 5.75 Å². The van der Waals surface area contributed by atoms with Gasteiger partial charge in [0.15, 0.2) is 0 Å². The zero-order valence-electron chi connectivity index (χ0n) is 11.2. The molecule has 2 aromatic rings. The van der Waals surface area contributed by atoms with E-state index in [1.807, 2.05) is 0 Å². The van der Waals surface area contributed by atoms with Crippen LogP contribution in [-0.4, -0.2) is 6.36 Å². The molecule has 2 N–H and O–H groups in total. The average Bonchev–Trinajstić information content (AvgIpc) is 2.41. The van der Waals surface area contributed by atoms with E-state index in [-0.39, 0.29) is 28.2 Å². The molecule has 0 heterocycles. The van der Waals surface area contributed by atoms with Crippen molar-refractivity contribution in [2.24, 2.45) is 5.73 Å². The minimum absolute atomic E-state index is 0. The van der Waals surface area contributed by atoms with Crippen LogP contribution in [0.2, 0.25) is 15.1 Å². The van der Waals surface area contributed by atoms with Crippen molar-refractivity contribution >= 4 is 47.2 Å². The molecule has 0 radical (unpaired) electrons. The van der Waals surface area contributed by atoms with Gasteiger partial charge in [0.2, 0.25) is 0 Å². The Balaban J connectivity index is 0.00000264. The van der Waals surface area contributed by atoms with E-state index in [1.54, 1.807) is 6.07 Å². The first-order chi connectivity index (χ1) is 10.2. The van der Waals surface area contributed by atoms with Crippen molar-refractivity contribution in [1.82, 2.24) is 0 Å². The molecule has 0 unspecified atom stereocenters. The third-order valence-corrected chi connectivity index (χ3v) is 3.86. The maximum absolute atomic E-state index is 12.1. The predicted octanol–water partition coefficient (Wildman–Crippen LogP) is 6.02. The van der Waals surface area contributed by atoms with Gasteiger partial charge in [-0.25, -0.2) is 0 Å². The van der Waals surface area contributed by atoms with Crippen molar-refractivity contribution in [1.29, 1.82) is 0 Å². The summed E-state index contributed by atoms with van der Waals surface area (Å²) in [6, 6.07) is 7.51. The van der Waals surface area contributed by atoms with Gasteiger partial charge in [-0.05, 0) is 35.4 Å². The minimum atomic E-state index is -4.74. The van der Waals surface area contributed by atoms with Crippen LogP contribution in [0.3, 0.4) is 0 Å². The summed E-state index contributed by atoms with van der Waals surface area (Å²) >= 11 is 17.9. The molecule has 2 aromatic carbocycles. The fraction of sp³-hybridized carbons (Fsp3) is 0.143. The van der Waals surface area contributed by atoms with Crippen molar-refractivity contribution < 1.29 is 17.9 Å². The van der Waals surface area contributed by atoms with Gasteiger partial charge in [-0.3, -0.25) is 0 Å². The summed E-state index contributed by atoms with van der Waals surface area (Å²) in [5.41, 5.74) is 7.08. The molecule has 0 fully saturated rings. The molecule has 9 heteroatoms. The van der Waals surface area contributed by atoms with Gasteiger partial charge < -0.3 is 10.5 Å². The minimum Gasteiger partial charge on any atom is -0.406 e. The lowest BCUT2D eigenvalue weighted by Crippen LogP contribution is -2.17. The Morgan fingerprint density at radius 1 is 1.00 bits per heavy atom. The monoisotopic (exact) mass is 405 g/mol. The molecule has 2 rings (SSSR count). The normalized spacial score (nSPS) is 12.5. The van der Waals surface area contributed by atoms with Crippen molar-refractivity contribution in [3.63, 3.8) is 0 Å². The second-order valence-corrected chi connectivity index (χ2v) is 5.61. The Kier molecular flexibility index (Phi) is 6.86. The molecule has 1 atom stereocenters. The highest BCUT2D eigenvalue weighted by atomic mass is 35.5. The van der Waals surface area contributed by atoms with Gasteiger partial charge >= 0.3 is 6.36 Å². The number of rotatable bonds is 3. The topological polar surface area (TPSA) is 35.2 Å². The molecule has 0 bridgehead atoms. The number of hydrogen-bond donors (Lipinski definition) is 1. The molecule has 0 saturated heterocycles.